The zero-order valence-electron chi connectivity index (χ0n) is 14.5. The van der Waals surface area contributed by atoms with E-state index < -0.39 is 5.79 Å². The zero-order valence-corrected chi connectivity index (χ0v) is 16.1. The summed E-state index contributed by atoms with van der Waals surface area (Å²) in [4.78, 5) is 0. The summed E-state index contributed by atoms with van der Waals surface area (Å²) in [6.07, 6.45) is 1.80. The molecule has 0 spiro atoms. The maximum absolute atomic E-state index is 6.53. The number of hydrogen-bond donors (Lipinski definition) is 0. The lowest BCUT2D eigenvalue weighted by molar-refractivity contribution is -0.148. The Morgan fingerprint density at radius 3 is 2.35 bits per heavy atom. The van der Waals surface area contributed by atoms with Crippen LogP contribution in [0.25, 0.3) is 0 Å². The zero-order chi connectivity index (χ0) is 17.7. The van der Waals surface area contributed by atoms with E-state index in [0.29, 0.717) is 0 Å². The minimum Gasteiger partial charge on any atom is -0.448 e. The van der Waals surface area contributed by atoms with Crippen molar-refractivity contribution in [3.05, 3.63) is 93.5 Å². The fraction of sp³-hybridized carbons (Fsp3) is 0.217. The minimum atomic E-state index is -0.770. The highest BCUT2D eigenvalue weighted by molar-refractivity contribution is 9.10. The van der Waals surface area contributed by atoms with Gasteiger partial charge in [-0.3, -0.25) is 0 Å². The van der Waals surface area contributed by atoms with Crippen LogP contribution in [0.15, 0.2) is 71.2 Å². The quantitative estimate of drug-likeness (QED) is 0.506. The first-order chi connectivity index (χ1) is 12.7. The molecule has 0 amide bonds. The predicted molar refractivity (Wildman–Crippen MR) is 106 cm³/mol. The predicted octanol–water partition coefficient (Wildman–Crippen LogP) is 6.17. The van der Waals surface area contributed by atoms with E-state index in [1.165, 1.54) is 16.7 Å². The molecule has 5 rings (SSSR count). The molecule has 26 heavy (non-hydrogen) atoms. The molecule has 2 aliphatic heterocycles. The van der Waals surface area contributed by atoms with E-state index in [0.717, 1.165) is 34.4 Å². The fourth-order valence-electron chi connectivity index (χ4n) is 4.11. The molecule has 0 aliphatic carbocycles. The average molecular weight is 407 g/mol. The summed E-state index contributed by atoms with van der Waals surface area (Å²) in [7, 11) is 0. The first-order valence-corrected chi connectivity index (χ1v) is 9.84. The SMILES string of the molecule is CCc1ccc2c(c1)[C@H]1C[C@](c3ccccc3)(Oc3ccc(Br)cc31)O2. The Morgan fingerprint density at radius 2 is 1.62 bits per heavy atom. The van der Waals surface area contributed by atoms with Crippen molar-refractivity contribution in [2.24, 2.45) is 0 Å². The largest absolute Gasteiger partial charge is 0.448 e. The summed E-state index contributed by atoms with van der Waals surface area (Å²) in [6, 6.07) is 23.1. The van der Waals surface area contributed by atoms with Crippen molar-refractivity contribution in [3.63, 3.8) is 0 Å². The van der Waals surface area contributed by atoms with E-state index >= 15 is 0 Å². The van der Waals surface area contributed by atoms with Gasteiger partial charge in [-0.25, -0.2) is 0 Å². The normalized spacial score (nSPS) is 22.6. The first-order valence-electron chi connectivity index (χ1n) is 9.04. The molecule has 3 aromatic carbocycles. The molecule has 130 valence electrons. The molecule has 3 aromatic rings. The number of aryl methyl sites for hydroxylation is 1. The van der Waals surface area contributed by atoms with Crippen molar-refractivity contribution in [3.8, 4) is 11.5 Å². The smallest absolute Gasteiger partial charge is 0.278 e. The Hall–Kier alpha value is -2.26. The lowest BCUT2D eigenvalue weighted by Crippen LogP contribution is -2.46. The molecule has 0 radical (unpaired) electrons. The van der Waals surface area contributed by atoms with Crippen molar-refractivity contribution in [2.45, 2.75) is 31.5 Å². The molecule has 2 heterocycles. The second-order valence-electron chi connectivity index (χ2n) is 6.99. The van der Waals surface area contributed by atoms with Gasteiger partial charge in [0.15, 0.2) is 0 Å². The molecule has 0 fully saturated rings. The molecular formula is C23H19BrO2. The molecule has 3 heteroatoms. The van der Waals surface area contributed by atoms with Gasteiger partial charge in [0.25, 0.3) is 5.79 Å². The first kappa shape index (κ1) is 16.0. The lowest BCUT2D eigenvalue weighted by atomic mass is 9.78. The van der Waals surface area contributed by atoms with Gasteiger partial charge >= 0.3 is 0 Å². The van der Waals surface area contributed by atoms with Crippen LogP contribution < -0.4 is 9.47 Å². The molecule has 2 nitrogen and oxygen atoms in total. The van der Waals surface area contributed by atoms with Gasteiger partial charge in [-0.1, -0.05) is 65.3 Å². The van der Waals surface area contributed by atoms with Crippen LogP contribution in [-0.4, -0.2) is 0 Å². The molecule has 2 atom stereocenters. The minimum absolute atomic E-state index is 0.256. The number of halogens is 1. The Kier molecular flexibility index (Phi) is 3.61. The van der Waals surface area contributed by atoms with Gasteiger partial charge in [0.1, 0.15) is 11.5 Å². The summed E-state index contributed by atoms with van der Waals surface area (Å²) in [5.74, 6) is 1.31. The van der Waals surface area contributed by atoms with Crippen molar-refractivity contribution in [1.82, 2.24) is 0 Å². The van der Waals surface area contributed by atoms with Crippen LogP contribution in [0.3, 0.4) is 0 Å². The van der Waals surface area contributed by atoms with E-state index in [2.05, 4.69) is 59.3 Å². The third-order valence-electron chi connectivity index (χ3n) is 5.44. The number of rotatable bonds is 2. The fourth-order valence-corrected chi connectivity index (χ4v) is 4.49. The molecular weight excluding hydrogens is 388 g/mol. The highest BCUT2D eigenvalue weighted by atomic mass is 79.9. The number of benzene rings is 3. The Labute approximate surface area is 161 Å². The molecule has 0 aromatic heterocycles. The van der Waals surface area contributed by atoms with Crippen LogP contribution in [0.5, 0.6) is 11.5 Å². The Bertz CT molecular complexity index is 983. The molecule has 0 unspecified atom stereocenters. The lowest BCUT2D eigenvalue weighted by Gasteiger charge is -2.46. The van der Waals surface area contributed by atoms with Crippen LogP contribution in [-0.2, 0) is 12.2 Å². The van der Waals surface area contributed by atoms with E-state index in [1.807, 2.05) is 30.3 Å². The van der Waals surface area contributed by atoms with Crippen molar-refractivity contribution >= 4 is 15.9 Å². The third kappa shape index (κ3) is 2.38. The Balaban J connectivity index is 1.75. The van der Waals surface area contributed by atoms with Crippen LogP contribution in [0.2, 0.25) is 0 Å². The summed E-state index contributed by atoms with van der Waals surface area (Å²) < 4.78 is 14.1. The van der Waals surface area contributed by atoms with E-state index in [4.69, 9.17) is 9.47 Å². The number of hydrogen-bond acceptors (Lipinski definition) is 2. The Morgan fingerprint density at radius 1 is 0.923 bits per heavy atom. The van der Waals surface area contributed by atoms with Gasteiger partial charge < -0.3 is 9.47 Å². The van der Waals surface area contributed by atoms with Gasteiger partial charge in [0.2, 0.25) is 0 Å². The van der Waals surface area contributed by atoms with E-state index in [9.17, 15) is 0 Å². The monoisotopic (exact) mass is 406 g/mol. The van der Waals surface area contributed by atoms with Crippen LogP contribution in [0.4, 0.5) is 0 Å². The summed E-state index contributed by atoms with van der Waals surface area (Å²) in [5.41, 5.74) is 4.88. The summed E-state index contributed by atoms with van der Waals surface area (Å²) >= 11 is 3.62. The maximum atomic E-state index is 6.53. The standard InChI is InChI=1S/C23H19BrO2/c1-2-15-8-10-21-18(12-15)20-14-23(25-21,16-6-4-3-5-7-16)26-22-11-9-17(24)13-19(20)22/h3-13,20H,2,14H2,1H3/t20-,23-/m1/s1. The second-order valence-corrected chi connectivity index (χ2v) is 7.90. The second kappa shape index (κ2) is 5.88. The summed E-state index contributed by atoms with van der Waals surface area (Å²) in [5, 5.41) is 0. The van der Waals surface area contributed by atoms with Crippen LogP contribution in [0, 0.1) is 0 Å². The maximum Gasteiger partial charge on any atom is 0.278 e. The van der Waals surface area contributed by atoms with Crippen LogP contribution in [0.1, 0.15) is 41.5 Å². The van der Waals surface area contributed by atoms with Gasteiger partial charge in [0, 0.05) is 33.5 Å². The summed E-state index contributed by atoms with van der Waals surface area (Å²) in [6.45, 7) is 2.19. The average Bonchev–Trinajstić information content (AvgIpc) is 2.69. The molecule has 2 bridgehead atoms. The third-order valence-corrected chi connectivity index (χ3v) is 5.93. The number of ether oxygens (including phenoxy) is 2. The van der Waals surface area contributed by atoms with Gasteiger partial charge in [-0.2, -0.15) is 0 Å². The highest BCUT2D eigenvalue weighted by Crippen LogP contribution is 2.55. The molecule has 0 saturated heterocycles. The molecule has 0 N–H and O–H groups in total. The van der Waals surface area contributed by atoms with Gasteiger partial charge in [0.05, 0.1) is 0 Å². The molecule has 2 aliphatic rings. The van der Waals surface area contributed by atoms with Gasteiger partial charge in [-0.05, 0) is 36.2 Å². The van der Waals surface area contributed by atoms with Crippen LogP contribution >= 0.6 is 15.9 Å². The van der Waals surface area contributed by atoms with E-state index in [1.54, 1.807) is 0 Å². The molecule has 0 saturated carbocycles. The highest BCUT2D eigenvalue weighted by Gasteiger charge is 2.49. The number of fused-ring (bicyclic) bond motifs is 6. The van der Waals surface area contributed by atoms with E-state index in [-0.39, 0.29) is 5.92 Å². The van der Waals surface area contributed by atoms with Crippen molar-refractivity contribution < 1.29 is 9.47 Å². The van der Waals surface area contributed by atoms with Crippen molar-refractivity contribution in [1.29, 1.82) is 0 Å². The topological polar surface area (TPSA) is 18.5 Å². The van der Waals surface area contributed by atoms with Gasteiger partial charge in [-0.15, -0.1) is 0 Å². The van der Waals surface area contributed by atoms with Crippen molar-refractivity contribution in [2.75, 3.05) is 0 Å².